The van der Waals surface area contributed by atoms with Crippen molar-refractivity contribution in [2.24, 2.45) is 0 Å². The molecule has 1 atom stereocenters. The number of pyridine rings is 1. The molecule has 0 spiro atoms. The van der Waals surface area contributed by atoms with Crippen LogP contribution in [0.5, 0.6) is 5.88 Å². The van der Waals surface area contributed by atoms with Crippen molar-refractivity contribution < 1.29 is 4.52 Å². The van der Waals surface area contributed by atoms with E-state index in [1.54, 1.807) is 6.20 Å². The summed E-state index contributed by atoms with van der Waals surface area (Å²) in [6, 6.07) is 3.77. The average Bonchev–Trinajstić information content (AvgIpc) is 1.90. The molecule has 0 radical (unpaired) electrons. The minimum Gasteiger partial charge on any atom is -0.463 e. The first-order valence-electron chi connectivity index (χ1n) is 2.62. The molecule has 0 fully saturated rings. The maximum absolute atomic E-state index is 4.77. The molecule has 1 heterocycles. The highest BCUT2D eigenvalue weighted by atomic mass is 31.0. The Hall–Kier alpha value is -0.620. The standard InChI is InChI=1S/C6H8NOP/c1-5-2-3-6(8-9)7-4-5/h2-4H,9H2,1H3. The molecule has 0 bridgehead atoms. The Labute approximate surface area is 56.5 Å². The molecule has 1 rings (SSSR count). The number of hydrogen-bond acceptors (Lipinski definition) is 2. The zero-order valence-corrected chi connectivity index (χ0v) is 6.32. The van der Waals surface area contributed by atoms with Crippen LogP contribution in [0.25, 0.3) is 0 Å². The van der Waals surface area contributed by atoms with Crippen molar-refractivity contribution in [3.05, 3.63) is 23.9 Å². The fraction of sp³-hybridized carbons (Fsp3) is 0.167. The van der Waals surface area contributed by atoms with Crippen LogP contribution in [0.4, 0.5) is 0 Å². The van der Waals surface area contributed by atoms with Gasteiger partial charge in [0.25, 0.3) is 0 Å². The Morgan fingerprint density at radius 1 is 1.56 bits per heavy atom. The predicted molar refractivity (Wildman–Crippen MR) is 39.3 cm³/mol. The Morgan fingerprint density at radius 3 is 2.78 bits per heavy atom. The first kappa shape index (κ1) is 6.50. The maximum atomic E-state index is 4.77. The van der Waals surface area contributed by atoms with Crippen LogP contribution in [0.15, 0.2) is 18.3 Å². The van der Waals surface area contributed by atoms with E-state index >= 15 is 0 Å². The van der Waals surface area contributed by atoms with E-state index in [0.717, 1.165) is 5.56 Å². The van der Waals surface area contributed by atoms with Gasteiger partial charge < -0.3 is 4.52 Å². The largest absolute Gasteiger partial charge is 0.463 e. The normalized spacial score (nSPS) is 9.11. The van der Waals surface area contributed by atoms with Gasteiger partial charge in [-0.25, -0.2) is 4.98 Å². The Balaban J connectivity index is 2.88. The molecule has 0 aliphatic rings. The van der Waals surface area contributed by atoms with Gasteiger partial charge in [-0.15, -0.1) is 0 Å². The molecule has 9 heavy (non-hydrogen) atoms. The topological polar surface area (TPSA) is 22.1 Å². The van der Waals surface area contributed by atoms with Crippen LogP contribution < -0.4 is 4.52 Å². The van der Waals surface area contributed by atoms with Crippen LogP contribution in [0, 0.1) is 6.92 Å². The van der Waals surface area contributed by atoms with Crippen molar-refractivity contribution in [1.82, 2.24) is 4.98 Å². The Kier molecular flexibility index (Phi) is 2.01. The molecule has 0 aliphatic heterocycles. The lowest BCUT2D eigenvalue weighted by Crippen LogP contribution is -1.79. The molecule has 2 nitrogen and oxygen atoms in total. The van der Waals surface area contributed by atoms with E-state index in [2.05, 4.69) is 14.5 Å². The summed E-state index contributed by atoms with van der Waals surface area (Å²) in [7, 11) is 2.15. The summed E-state index contributed by atoms with van der Waals surface area (Å²) in [5.41, 5.74) is 1.14. The second-order valence-corrected chi connectivity index (χ2v) is 2.03. The molecule has 1 aromatic rings. The fourth-order valence-corrected chi connectivity index (χ4v) is 0.663. The van der Waals surface area contributed by atoms with Crippen LogP contribution in [-0.4, -0.2) is 4.98 Å². The van der Waals surface area contributed by atoms with E-state index in [1.807, 2.05) is 19.1 Å². The van der Waals surface area contributed by atoms with Gasteiger partial charge in [0.15, 0.2) is 0 Å². The average molecular weight is 141 g/mol. The van der Waals surface area contributed by atoms with E-state index in [-0.39, 0.29) is 0 Å². The third-order valence-electron chi connectivity index (χ3n) is 1.00. The summed E-state index contributed by atoms with van der Waals surface area (Å²) in [5, 5.41) is 0. The summed E-state index contributed by atoms with van der Waals surface area (Å²) in [6.45, 7) is 1.99. The minimum absolute atomic E-state index is 0.630. The third kappa shape index (κ3) is 1.65. The minimum atomic E-state index is 0.630. The number of hydrogen-bond donors (Lipinski definition) is 0. The smallest absolute Gasteiger partial charge is 0.215 e. The molecule has 0 aliphatic carbocycles. The number of nitrogens with zero attached hydrogens (tertiary/aromatic N) is 1. The van der Waals surface area contributed by atoms with Crippen LogP contribution in [0.1, 0.15) is 5.56 Å². The summed E-state index contributed by atoms with van der Waals surface area (Å²) >= 11 is 0. The second kappa shape index (κ2) is 2.79. The lowest BCUT2D eigenvalue weighted by atomic mass is 10.3. The number of aromatic nitrogens is 1. The van der Waals surface area contributed by atoms with E-state index in [9.17, 15) is 0 Å². The summed E-state index contributed by atoms with van der Waals surface area (Å²) in [4.78, 5) is 3.95. The van der Waals surface area contributed by atoms with Crippen molar-refractivity contribution in [3.63, 3.8) is 0 Å². The monoisotopic (exact) mass is 141 g/mol. The highest BCUT2D eigenvalue weighted by molar-refractivity contribution is 7.10. The molecule has 0 aromatic carbocycles. The van der Waals surface area contributed by atoms with Gasteiger partial charge in [0, 0.05) is 12.3 Å². The summed E-state index contributed by atoms with van der Waals surface area (Å²) in [5.74, 6) is 0.630. The predicted octanol–water partition coefficient (Wildman–Crippen LogP) is 1.56. The number of aryl methyl sites for hydroxylation is 1. The van der Waals surface area contributed by atoms with Gasteiger partial charge in [0.05, 0.1) is 9.47 Å². The first-order chi connectivity index (χ1) is 4.33. The molecule has 0 saturated carbocycles. The molecule has 0 saturated heterocycles. The van der Waals surface area contributed by atoms with Crippen molar-refractivity contribution >= 4 is 9.47 Å². The van der Waals surface area contributed by atoms with Crippen molar-refractivity contribution in [1.29, 1.82) is 0 Å². The van der Waals surface area contributed by atoms with Gasteiger partial charge in [-0.2, -0.15) is 0 Å². The molecule has 1 unspecified atom stereocenters. The lowest BCUT2D eigenvalue weighted by Gasteiger charge is -1.95. The Morgan fingerprint density at radius 2 is 2.33 bits per heavy atom. The van der Waals surface area contributed by atoms with Crippen LogP contribution >= 0.6 is 9.47 Å². The van der Waals surface area contributed by atoms with Gasteiger partial charge in [0.1, 0.15) is 0 Å². The molecule has 0 amide bonds. The zero-order valence-electron chi connectivity index (χ0n) is 5.16. The van der Waals surface area contributed by atoms with Gasteiger partial charge in [-0.1, -0.05) is 6.07 Å². The zero-order chi connectivity index (χ0) is 6.69. The Bertz CT molecular complexity index is 185. The van der Waals surface area contributed by atoms with E-state index in [0.29, 0.717) is 5.88 Å². The van der Waals surface area contributed by atoms with Gasteiger partial charge in [-0.05, 0) is 12.5 Å². The van der Waals surface area contributed by atoms with Crippen molar-refractivity contribution in [2.75, 3.05) is 0 Å². The second-order valence-electron chi connectivity index (χ2n) is 1.79. The van der Waals surface area contributed by atoms with Crippen LogP contribution in [0.2, 0.25) is 0 Å². The first-order valence-corrected chi connectivity index (χ1v) is 3.09. The molecule has 48 valence electrons. The van der Waals surface area contributed by atoms with Crippen LogP contribution in [0.3, 0.4) is 0 Å². The van der Waals surface area contributed by atoms with Crippen molar-refractivity contribution in [3.8, 4) is 5.88 Å². The SMILES string of the molecule is Cc1ccc(OP)nc1. The van der Waals surface area contributed by atoms with Gasteiger partial charge in [0.2, 0.25) is 5.88 Å². The van der Waals surface area contributed by atoms with Gasteiger partial charge in [-0.3, -0.25) is 0 Å². The van der Waals surface area contributed by atoms with Crippen LogP contribution in [-0.2, 0) is 0 Å². The highest BCUT2D eigenvalue weighted by Gasteiger charge is 1.87. The molecule has 3 heteroatoms. The van der Waals surface area contributed by atoms with Gasteiger partial charge >= 0.3 is 0 Å². The number of rotatable bonds is 1. The molecular weight excluding hydrogens is 133 g/mol. The molecule has 1 aromatic heterocycles. The van der Waals surface area contributed by atoms with Crippen molar-refractivity contribution in [2.45, 2.75) is 6.92 Å². The van der Waals surface area contributed by atoms with E-state index < -0.39 is 0 Å². The lowest BCUT2D eigenvalue weighted by molar-refractivity contribution is 0.615. The summed E-state index contributed by atoms with van der Waals surface area (Å²) in [6.07, 6.45) is 1.76. The van der Waals surface area contributed by atoms with E-state index in [1.165, 1.54) is 0 Å². The quantitative estimate of drug-likeness (QED) is 0.553. The highest BCUT2D eigenvalue weighted by Crippen LogP contribution is 2.08. The van der Waals surface area contributed by atoms with E-state index in [4.69, 9.17) is 4.52 Å². The third-order valence-corrected chi connectivity index (χ3v) is 1.25. The maximum Gasteiger partial charge on any atom is 0.215 e. The molecular formula is C6H8NOP. The summed E-state index contributed by atoms with van der Waals surface area (Å²) < 4.78 is 4.77. The molecule has 0 N–H and O–H groups in total. The fourth-order valence-electron chi connectivity index (χ4n) is 0.524.